The van der Waals surface area contributed by atoms with Gasteiger partial charge in [-0.2, -0.15) is 0 Å². The lowest BCUT2D eigenvalue weighted by atomic mass is 9.79. The minimum Gasteiger partial charge on any atom is -0.271 e. The third kappa shape index (κ3) is 2.35. The van der Waals surface area contributed by atoms with Gasteiger partial charge in [0.2, 0.25) is 0 Å². The van der Waals surface area contributed by atoms with Crippen LogP contribution in [0.3, 0.4) is 0 Å². The van der Waals surface area contributed by atoms with Gasteiger partial charge in [0.1, 0.15) is 0 Å². The van der Waals surface area contributed by atoms with Crippen molar-refractivity contribution in [2.75, 3.05) is 0 Å². The van der Waals surface area contributed by atoms with E-state index in [0.29, 0.717) is 0 Å². The molecule has 1 aromatic heterocycles. The van der Waals surface area contributed by atoms with Crippen molar-refractivity contribution < 1.29 is 0 Å². The molecule has 1 atom stereocenters. The summed E-state index contributed by atoms with van der Waals surface area (Å²) >= 11 is 1.78. The highest BCUT2D eigenvalue weighted by Crippen LogP contribution is 2.37. The van der Waals surface area contributed by atoms with Crippen LogP contribution < -0.4 is 11.3 Å². The van der Waals surface area contributed by atoms with Crippen molar-refractivity contribution >= 4 is 11.3 Å². The molecular weight excluding hydrogens is 192 g/mol. The molecule has 0 bridgehead atoms. The maximum absolute atomic E-state index is 5.63. The average Bonchev–Trinajstić information content (AvgIpc) is 2.53. The van der Waals surface area contributed by atoms with E-state index in [4.69, 9.17) is 5.84 Å². The quantitative estimate of drug-likeness (QED) is 0.595. The summed E-state index contributed by atoms with van der Waals surface area (Å²) in [6.45, 7) is 8.80. The van der Waals surface area contributed by atoms with Gasteiger partial charge >= 0.3 is 0 Å². The largest absolute Gasteiger partial charge is 0.271 e. The highest BCUT2D eigenvalue weighted by molar-refractivity contribution is 7.10. The number of hydrogen-bond donors (Lipinski definition) is 2. The first-order valence-electron chi connectivity index (χ1n) is 5.02. The molecule has 1 rings (SSSR count). The Balaban J connectivity index is 2.92. The molecule has 0 radical (unpaired) electrons. The summed E-state index contributed by atoms with van der Waals surface area (Å²) in [6, 6.07) is 2.46. The molecule has 0 spiro atoms. The number of nitrogens with two attached hydrogens (primary N) is 1. The molecule has 1 aromatic rings. The Hall–Kier alpha value is -0.380. The zero-order chi connectivity index (χ0) is 10.8. The van der Waals surface area contributed by atoms with Crippen LogP contribution in [0.1, 0.15) is 43.7 Å². The molecule has 14 heavy (non-hydrogen) atoms. The molecule has 0 aliphatic heterocycles. The van der Waals surface area contributed by atoms with E-state index >= 15 is 0 Å². The van der Waals surface area contributed by atoms with Gasteiger partial charge in [-0.15, -0.1) is 11.3 Å². The van der Waals surface area contributed by atoms with Gasteiger partial charge in [-0.3, -0.25) is 11.3 Å². The van der Waals surface area contributed by atoms with E-state index in [-0.39, 0.29) is 11.5 Å². The summed E-state index contributed by atoms with van der Waals surface area (Å²) in [5.41, 5.74) is 4.43. The van der Waals surface area contributed by atoms with Gasteiger partial charge in [-0.25, -0.2) is 0 Å². The first kappa shape index (κ1) is 11.7. The summed E-state index contributed by atoms with van der Waals surface area (Å²) in [4.78, 5) is 1.34. The van der Waals surface area contributed by atoms with Crippen molar-refractivity contribution in [3.8, 4) is 0 Å². The maximum Gasteiger partial charge on any atom is 0.0519 e. The SMILES string of the molecule is CCC(C)(C)C(NN)c1csc(C)c1. The van der Waals surface area contributed by atoms with Crippen LogP contribution in [0, 0.1) is 12.3 Å². The molecular formula is C11H20N2S. The van der Waals surface area contributed by atoms with E-state index in [1.165, 1.54) is 10.4 Å². The molecule has 2 nitrogen and oxygen atoms in total. The third-order valence-electron chi connectivity index (χ3n) is 2.94. The molecule has 0 fully saturated rings. The Morgan fingerprint density at radius 3 is 2.57 bits per heavy atom. The van der Waals surface area contributed by atoms with Crippen LogP contribution >= 0.6 is 11.3 Å². The first-order valence-corrected chi connectivity index (χ1v) is 5.90. The van der Waals surface area contributed by atoms with Gasteiger partial charge < -0.3 is 0 Å². The molecule has 0 saturated heterocycles. The third-order valence-corrected chi connectivity index (χ3v) is 3.82. The van der Waals surface area contributed by atoms with Gasteiger partial charge in [0.15, 0.2) is 0 Å². The molecule has 3 N–H and O–H groups in total. The van der Waals surface area contributed by atoms with E-state index in [1.807, 2.05) is 0 Å². The lowest BCUT2D eigenvalue weighted by molar-refractivity contribution is 0.236. The minimum atomic E-state index is 0.197. The van der Waals surface area contributed by atoms with Gasteiger partial charge in [0.25, 0.3) is 0 Å². The van der Waals surface area contributed by atoms with Crippen LogP contribution in [0.25, 0.3) is 0 Å². The molecule has 1 unspecified atom stereocenters. The smallest absolute Gasteiger partial charge is 0.0519 e. The van der Waals surface area contributed by atoms with E-state index in [9.17, 15) is 0 Å². The topological polar surface area (TPSA) is 38.0 Å². The second-order valence-corrected chi connectivity index (χ2v) is 5.55. The highest BCUT2D eigenvalue weighted by atomic mass is 32.1. The normalized spacial score (nSPS) is 14.4. The van der Waals surface area contributed by atoms with Crippen molar-refractivity contribution in [3.05, 3.63) is 21.9 Å². The molecule has 0 aliphatic rings. The molecule has 0 saturated carbocycles. The summed E-state index contributed by atoms with van der Waals surface area (Å²) in [6.07, 6.45) is 1.11. The van der Waals surface area contributed by atoms with Crippen molar-refractivity contribution in [2.45, 2.75) is 40.2 Å². The summed E-state index contributed by atoms with van der Waals surface area (Å²) in [5.74, 6) is 5.63. The Morgan fingerprint density at radius 1 is 1.57 bits per heavy atom. The predicted octanol–water partition coefficient (Wildman–Crippen LogP) is 3.00. The molecule has 1 heterocycles. The number of hydrazine groups is 1. The fourth-order valence-corrected chi connectivity index (χ4v) is 2.32. The fraction of sp³-hybridized carbons (Fsp3) is 0.636. The highest BCUT2D eigenvalue weighted by Gasteiger charge is 2.28. The van der Waals surface area contributed by atoms with Crippen LogP contribution in [0.15, 0.2) is 11.4 Å². The molecule has 0 aromatic carbocycles. The van der Waals surface area contributed by atoms with Crippen LogP contribution in [0.2, 0.25) is 0 Å². The summed E-state index contributed by atoms with van der Waals surface area (Å²) in [5, 5.41) is 2.19. The van der Waals surface area contributed by atoms with E-state index in [1.54, 1.807) is 11.3 Å². The lowest BCUT2D eigenvalue weighted by Gasteiger charge is -2.32. The Bertz CT molecular complexity index is 291. The molecule has 80 valence electrons. The Morgan fingerprint density at radius 2 is 2.21 bits per heavy atom. The molecule has 0 aliphatic carbocycles. The molecule has 0 amide bonds. The standard InChI is InChI=1S/C11H20N2S/c1-5-11(3,4)10(13-12)9-6-8(2)14-7-9/h6-7,10,13H,5,12H2,1-4H3. The Kier molecular flexibility index (Phi) is 3.70. The van der Waals surface area contributed by atoms with Gasteiger partial charge in [-0.05, 0) is 35.8 Å². The van der Waals surface area contributed by atoms with Crippen LogP contribution in [0.5, 0.6) is 0 Å². The minimum absolute atomic E-state index is 0.197. The van der Waals surface area contributed by atoms with Crippen molar-refractivity contribution in [3.63, 3.8) is 0 Å². The van der Waals surface area contributed by atoms with Gasteiger partial charge in [0.05, 0.1) is 6.04 Å². The van der Waals surface area contributed by atoms with Crippen molar-refractivity contribution in [2.24, 2.45) is 11.3 Å². The van der Waals surface area contributed by atoms with E-state index in [0.717, 1.165) is 6.42 Å². The number of aryl methyl sites for hydroxylation is 1. The average molecular weight is 212 g/mol. The van der Waals surface area contributed by atoms with Crippen LogP contribution in [-0.2, 0) is 0 Å². The zero-order valence-corrected chi connectivity index (χ0v) is 10.2. The fourth-order valence-electron chi connectivity index (χ4n) is 1.59. The van der Waals surface area contributed by atoms with Crippen LogP contribution in [-0.4, -0.2) is 0 Å². The summed E-state index contributed by atoms with van der Waals surface area (Å²) in [7, 11) is 0. The zero-order valence-electron chi connectivity index (χ0n) is 9.42. The molecule has 3 heteroatoms. The van der Waals surface area contributed by atoms with Gasteiger partial charge in [0, 0.05) is 4.88 Å². The lowest BCUT2D eigenvalue weighted by Crippen LogP contribution is -2.37. The number of hydrogen-bond acceptors (Lipinski definition) is 3. The van der Waals surface area contributed by atoms with E-state index in [2.05, 4.69) is 44.6 Å². The van der Waals surface area contributed by atoms with E-state index < -0.39 is 0 Å². The van der Waals surface area contributed by atoms with Gasteiger partial charge in [-0.1, -0.05) is 20.8 Å². The Labute approximate surface area is 90.5 Å². The van der Waals surface area contributed by atoms with Crippen molar-refractivity contribution in [1.82, 2.24) is 5.43 Å². The van der Waals surface area contributed by atoms with Crippen molar-refractivity contribution in [1.29, 1.82) is 0 Å². The first-order chi connectivity index (χ1) is 6.51. The number of rotatable bonds is 4. The maximum atomic E-state index is 5.63. The second-order valence-electron chi connectivity index (χ2n) is 4.43. The monoisotopic (exact) mass is 212 g/mol. The second kappa shape index (κ2) is 4.43. The summed E-state index contributed by atoms with van der Waals surface area (Å²) < 4.78 is 0. The predicted molar refractivity (Wildman–Crippen MR) is 63.2 cm³/mol. The number of thiophene rings is 1. The number of nitrogens with one attached hydrogen (secondary N) is 1. The van der Waals surface area contributed by atoms with Crippen LogP contribution in [0.4, 0.5) is 0 Å².